The number of hydrogen-bond acceptors (Lipinski definition) is 3. The Labute approximate surface area is 87.7 Å². The third kappa shape index (κ3) is 2.08. The van der Waals surface area contributed by atoms with Gasteiger partial charge in [0, 0.05) is 6.54 Å². The van der Waals surface area contributed by atoms with Crippen LogP contribution >= 0.6 is 0 Å². The summed E-state index contributed by atoms with van der Waals surface area (Å²) in [6, 6.07) is 9.30. The first-order valence-electron chi connectivity index (χ1n) is 4.70. The number of carbonyl (C=O) groups is 1. The molecule has 15 heavy (non-hydrogen) atoms. The molecule has 4 nitrogen and oxygen atoms in total. The first-order chi connectivity index (χ1) is 7.29. The highest BCUT2D eigenvalue weighted by Crippen LogP contribution is 2.11. The van der Waals surface area contributed by atoms with E-state index in [-0.39, 0.29) is 6.09 Å². The summed E-state index contributed by atoms with van der Waals surface area (Å²) in [5.74, 6) is 0. The second kappa shape index (κ2) is 4.01. The molecule has 0 saturated carbocycles. The second-order valence-corrected chi connectivity index (χ2v) is 3.35. The maximum Gasteiger partial charge on any atom is 0.410 e. The van der Waals surface area contributed by atoms with Crippen LogP contribution in [0.1, 0.15) is 11.1 Å². The van der Waals surface area contributed by atoms with Crippen LogP contribution in [0.4, 0.5) is 4.79 Å². The van der Waals surface area contributed by atoms with E-state index in [4.69, 9.17) is 10.00 Å². The van der Waals surface area contributed by atoms with Gasteiger partial charge in [-0.2, -0.15) is 5.26 Å². The number of cyclic esters (lactones) is 1. The lowest BCUT2D eigenvalue weighted by molar-refractivity contribution is 0.157. The monoisotopic (exact) mass is 202 g/mol. The average molecular weight is 202 g/mol. The lowest BCUT2D eigenvalue weighted by Gasteiger charge is -2.12. The maximum atomic E-state index is 11.2. The molecule has 0 spiro atoms. The van der Waals surface area contributed by atoms with Crippen LogP contribution in [-0.2, 0) is 11.3 Å². The number of benzene rings is 1. The first kappa shape index (κ1) is 9.53. The number of hydrogen-bond donors (Lipinski definition) is 0. The van der Waals surface area contributed by atoms with Gasteiger partial charge in [0.05, 0.1) is 18.2 Å². The smallest absolute Gasteiger partial charge is 0.410 e. The Kier molecular flexibility index (Phi) is 2.55. The highest BCUT2D eigenvalue weighted by atomic mass is 16.6. The van der Waals surface area contributed by atoms with Gasteiger partial charge < -0.3 is 9.64 Å². The molecule has 2 rings (SSSR count). The second-order valence-electron chi connectivity index (χ2n) is 3.35. The fraction of sp³-hybridized carbons (Fsp3) is 0.273. The molecule has 0 aromatic heterocycles. The Morgan fingerprint density at radius 1 is 1.53 bits per heavy atom. The summed E-state index contributed by atoms with van der Waals surface area (Å²) in [6.07, 6.45) is -0.280. The van der Waals surface area contributed by atoms with Crippen molar-refractivity contribution in [2.45, 2.75) is 6.54 Å². The summed E-state index contributed by atoms with van der Waals surface area (Å²) in [7, 11) is 0. The number of rotatable bonds is 2. The lowest BCUT2D eigenvalue weighted by Crippen LogP contribution is -2.23. The molecule has 1 fully saturated rings. The van der Waals surface area contributed by atoms with Gasteiger partial charge >= 0.3 is 6.09 Å². The average Bonchev–Trinajstić information content (AvgIpc) is 2.65. The molecule has 1 aromatic carbocycles. The van der Waals surface area contributed by atoms with Crippen molar-refractivity contribution in [2.24, 2.45) is 0 Å². The van der Waals surface area contributed by atoms with E-state index >= 15 is 0 Å². The standard InChI is InChI=1S/C11H10N2O2/c12-7-9-2-1-3-10(6-9)8-13-4-5-15-11(13)14/h1-3,6H,4-5,8H2. The molecule has 0 aliphatic carbocycles. The number of carbonyl (C=O) groups excluding carboxylic acids is 1. The van der Waals surface area contributed by atoms with Crippen LogP contribution in [-0.4, -0.2) is 24.1 Å². The summed E-state index contributed by atoms with van der Waals surface area (Å²) >= 11 is 0. The van der Waals surface area contributed by atoms with Crippen molar-refractivity contribution in [1.82, 2.24) is 4.90 Å². The maximum absolute atomic E-state index is 11.2. The molecule has 4 heteroatoms. The van der Waals surface area contributed by atoms with E-state index < -0.39 is 0 Å². The van der Waals surface area contributed by atoms with Crippen LogP contribution in [0, 0.1) is 11.3 Å². The zero-order valence-electron chi connectivity index (χ0n) is 8.14. The van der Waals surface area contributed by atoms with Gasteiger partial charge in [-0.3, -0.25) is 0 Å². The van der Waals surface area contributed by atoms with E-state index in [0.717, 1.165) is 5.56 Å². The zero-order chi connectivity index (χ0) is 10.7. The fourth-order valence-corrected chi connectivity index (χ4v) is 1.53. The van der Waals surface area contributed by atoms with Crippen molar-refractivity contribution in [3.8, 4) is 6.07 Å². The summed E-state index contributed by atoms with van der Waals surface area (Å²) in [5, 5.41) is 8.72. The first-order valence-corrected chi connectivity index (χ1v) is 4.70. The predicted molar refractivity (Wildman–Crippen MR) is 52.9 cm³/mol. The minimum Gasteiger partial charge on any atom is -0.448 e. The van der Waals surface area contributed by atoms with Crippen LogP contribution < -0.4 is 0 Å². The van der Waals surface area contributed by atoms with Crippen LogP contribution in [0.15, 0.2) is 24.3 Å². The molecule has 0 radical (unpaired) electrons. The molecule has 0 unspecified atom stereocenters. The number of ether oxygens (including phenoxy) is 1. The largest absolute Gasteiger partial charge is 0.448 e. The van der Waals surface area contributed by atoms with E-state index in [2.05, 4.69) is 6.07 Å². The van der Waals surface area contributed by atoms with E-state index in [0.29, 0.717) is 25.3 Å². The lowest BCUT2D eigenvalue weighted by atomic mass is 10.1. The molecule has 1 aliphatic rings. The van der Waals surface area contributed by atoms with E-state index in [1.807, 2.05) is 12.1 Å². The molecule has 1 saturated heterocycles. The SMILES string of the molecule is N#Cc1cccc(CN2CCOC2=O)c1. The van der Waals surface area contributed by atoms with Crippen molar-refractivity contribution in [3.63, 3.8) is 0 Å². The fourth-order valence-electron chi connectivity index (χ4n) is 1.53. The Morgan fingerprint density at radius 3 is 3.07 bits per heavy atom. The third-order valence-corrected chi connectivity index (χ3v) is 2.27. The third-order valence-electron chi connectivity index (χ3n) is 2.27. The molecule has 1 amide bonds. The van der Waals surface area contributed by atoms with Gasteiger partial charge in [-0.25, -0.2) is 4.79 Å². The summed E-state index contributed by atoms with van der Waals surface area (Å²) in [4.78, 5) is 12.8. The molecule has 1 heterocycles. The van der Waals surface area contributed by atoms with Gasteiger partial charge in [0.15, 0.2) is 0 Å². The number of nitrogens with zero attached hydrogens (tertiary/aromatic N) is 2. The topological polar surface area (TPSA) is 53.3 Å². The predicted octanol–water partition coefficient (Wildman–Crippen LogP) is 1.51. The van der Waals surface area contributed by atoms with Crippen molar-refractivity contribution < 1.29 is 9.53 Å². The molecule has 1 aliphatic heterocycles. The van der Waals surface area contributed by atoms with Gasteiger partial charge in [-0.15, -0.1) is 0 Å². The van der Waals surface area contributed by atoms with E-state index in [1.165, 1.54) is 0 Å². The van der Waals surface area contributed by atoms with Gasteiger partial charge in [-0.1, -0.05) is 12.1 Å². The molecular formula is C11H10N2O2. The van der Waals surface area contributed by atoms with Crippen LogP contribution in [0.3, 0.4) is 0 Å². The molecule has 0 bridgehead atoms. The number of nitriles is 1. The Bertz CT molecular complexity index is 423. The minimum absolute atomic E-state index is 0.280. The van der Waals surface area contributed by atoms with Crippen LogP contribution in [0.5, 0.6) is 0 Å². The Morgan fingerprint density at radius 2 is 2.40 bits per heavy atom. The van der Waals surface area contributed by atoms with Crippen molar-refractivity contribution in [3.05, 3.63) is 35.4 Å². The zero-order valence-corrected chi connectivity index (χ0v) is 8.14. The Balaban J connectivity index is 2.10. The highest BCUT2D eigenvalue weighted by Gasteiger charge is 2.21. The van der Waals surface area contributed by atoms with Gasteiger partial charge in [0.25, 0.3) is 0 Å². The molecule has 76 valence electrons. The van der Waals surface area contributed by atoms with Crippen LogP contribution in [0.25, 0.3) is 0 Å². The molecule has 1 aromatic rings. The normalized spacial score (nSPS) is 14.9. The Hall–Kier alpha value is -2.02. The van der Waals surface area contributed by atoms with E-state index in [9.17, 15) is 4.79 Å². The number of amides is 1. The van der Waals surface area contributed by atoms with Gasteiger partial charge in [0.2, 0.25) is 0 Å². The molecule has 0 N–H and O–H groups in total. The van der Waals surface area contributed by atoms with Crippen molar-refractivity contribution in [1.29, 1.82) is 5.26 Å². The quantitative estimate of drug-likeness (QED) is 0.730. The summed E-state index contributed by atoms with van der Waals surface area (Å²) in [5.41, 5.74) is 1.56. The minimum atomic E-state index is -0.280. The summed E-state index contributed by atoms with van der Waals surface area (Å²) in [6.45, 7) is 1.58. The van der Waals surface area contributed by atoms with Crippen molar-refractivity contribution in [2.75, 3.05) is 13.2 Å². The molecule has 0 atom stereocenters. The van der Waals surface area contributed by atoms with Gasteiger partial charge in [-0.05, 0) is 17.7 Å². The van der Waals surface area contributed by atoms with Crippen molar-refractivity contribution >= 4 is 6.09 Å². The van der Waals surface area contributed by atoms with E-state index in [1.54, 1.807) is 17.0 Å². The van der Waals surface area contributed by atoms with Gasteiger partial charge in [0.1, 0.15) is 6.61 Å². The highest BCUT2D eigenvalue weighted by molar-refractivity contribution is 5.69. The molecular weight excluding hydrogens is 192 g/mol. The summed E-state index contributed by atoms with van der Waals surface area (Å²) < 4.78 is 4.82. The van der Waals surface area contributed by atoms with Crippen LogP contribution in [0.2, 0.25) is 0 Å².